The number of rotatable bonds is 7. The van der Waals surface area contributed by atoms with Gasteiger partial charge < -0.3 is 10.1 Å². The van der Waals surface area contributed by atoms with Crippen LogP contribution in [0, 0.1) is 6.92 Å². The number of hydrogen-bond acceptors (Lipinski definition) is 3. The summed E-state index contributed by atoms with van der Waals surface area (Å²) in [5, 5.41) is 3.60. The number of hydrogen-bond donors (Lipinski definition) is 1. The standard InChI is InChI=1S/C15H26N2O/c1-6-8-17-14(10-15(3,4)18-5)13-11-16-9-7-12(13)2/h7,9,11,14,17H,6,8,10H2,1-5H3. The van der Waals surface area contributed by atoms with Crippen LogP contribution in [0.5, 0.6) is 0 Å². The summed E-state index contributed by atoms with van der Waals surface area (Å²) in [4.78, 5) is 4.25. The van der Waals surface area contributed by atoms with E-state index in [1.165, 1.54) is 11.1 Å². The Labute approximate surface area is 111 Å². The molecule has 0 aromatic carbocycles. The number of aryl methyl sites for hydroxylation is 1. The maximum absolute atomic E-state index is 5.55. The molecule has 1 heterocycles. The molecule has 0 aliphatic carbocycles. The first-order chi connectivity index (χ1) is 8.50. The number of pyridine rings is 1. The van der Waals surface area contributed by atoms with Crippen molar-refractivity contribution < 1.29 is 4.74 Å². The second kappa shape index (κ2) is 6.86. The Hall–Kier alpha value is -0.930. The molecule has 0 fully saturated rings. The fourth-order valence-electron chi connectivity index (χ4n) is 2.03. The van der Waals surface area contributed by atoms with Gasteiger partial charge in [-0.2, -0.15) is 0 Å². The van der Waals surface area contributed by atoms with Gasteiger partial charge >= 0.3 is 0 Å². The molecule has 3 nitrogen and oxygen atoms in total. The summed E-state index contributed by atoms with van der Waals surface area (Å²) in [5.41, 5.74) is 2.43. The van der Waals surface area contributed by atoms with Crippen molar-refractivity contribution in [3.63, 3.8) is 0 Å². The van der Waals surface area contributed by atoms with E-state index in [0.717, 1.165) is 19.4 Å². The molecule has 1 unspecified atom stereocenters. The molecule has 18 heavy (non-hydrogen) atoms. The van der Waals surface area contributed by atoms with Gasteiger partial charge in [0.1, 0.15) is 0 Å². The van der Waals surface area contributed by atoms with Gasteiger partial charge in [-0.25, -0.2) is 0 Å². The lowest BCUT2D eigenvalue weighted by molar-refractivity contribution is 0.00678. The van der Waals surface area contributed by atoms with Crippen molar-refractivity contribution in [1.29, 1.82) is 0 Å². The van der Waals surface area contributed by atoms with Gasteiger partial charge in [0.2, 0.25) is 0 Å². The van der Waals surface area contributed by atoms with E-state index in [-0.39, 0.29) is 5.60 Å². The molecule has 0 aliphatic heterocycles. The molecule has 0 aliphatic rings. The molecule has 0 amide bonds. The van der Waals surface area contributed by atoms with E-state index >= 15 is 0 Å². The van der Waals surface area contributed by atoms with Crippen molar-refractivity contribution in [1.82, 2.24) is 10.3 Å². The minimum absolute atomic E-state index is 0.131. The Kier molecular flexibility index (Phi) is 5.76. The zero-order chi connectivity index (χ0) is 13.6. The minimum Gasteiger partial charge on any atom is -0.379 e. The second-order valence-corrected chi connectivity index (χ2v) is 5.41. The summed E-state index contributed by atoms with van der Waals surface area (Å²) in [5.74, 6) is 0. The molecule has 102 valence electrons. The normalized spacial score (nSPS) is 13.6. The third-order valence-corrected chi connectivity index (χ3v) is 3.34. The number of ether oxygens (including phenoxy) is 1. The van der Waals surface area contributed by atoms with Crippen LogP contribution < -0.4 is 5.32 Å². The minimum atomic E-state index is -0.131. The van der Waals surface area contributed by atoms with Crippen molar-refractivity contribution in [2.45, 2.75) is 52.2 Å². The highest BCUT2D eigenvalue weighted by molar-refractivity contribution is 5.25. The lowest BCUT2D eigenvalue weighted by atomic mass is 9.92. The third-order valence-electron chi connectivity index (χ3n) is 3.34. The number of nitrogens with one attached hydrogen (secondary N) is 1. The van der Waals surface area contributed by atoms with Gasteiger partial charge in [0.05, 0.1) is 5.60 Å². The highest BCUT2D eigenvalue weighted by atomic mass is 16.5. The average molecular weight is 250 g/mol. The van der Waals surface area contributed by atoms with E-state index in [9.17, 15) is 0 Å². The first-order valence-corrected chi connectivity index (χ1v) is 6.69. The van der Waals surface area contributed by atoms with Crippen molar-refractivity contribution in [3.05, 3.63) is 29.6 Å². The van der Waals surface area contributed by atoms with E-state index in [1.807, 2.05) is 12.4 Å². The number of methoxy groups -OCH3 is 1. The lowest BCUT2D eigenvalue weighted by Crippen LogP contribution is -2.32. The zero-order valence-corrected chi connectivity index (χ0v) is 12.3. The van der Waals surface area contributed by atoms with E-state index in [2.05, 4.69) is 44.1 Å². The average Bonchev–Trinajstić information content (AvgIpc) is 2.35. The maximum Gasteiger partial charge on any atom is 0.0640 e. The van der Waals surface area contributed by atoms with Crippen LogP contribution in [0.2, 0.25) is 0 Å². The van der Waals surface area contributed by atoms with Gasteiger partial charge in [0.25, 0.3) is 0 Å². The molecular formula is C15H26N2O. The SMILES string of the molecule is CCCNC(CC(C)(C)OC)c1cnccc1C. The first-order valence-electron chi connectivity index (χ1n) is 6.69. The van der Waals surface area contributed by atoms with Crippen LogP contribution in [0.1, 0.15) is 50.8 Å². The molecule has 1 aromatic rings. The van der Waals surface area contributed by atoms with E-state index < -0.39 is 0 Å². The quantitative estimate of drug-likeness (QED) is 0.806. The van der Waals surface area contributed by atoms with Crippen LogP contribution in [-0.2, 0) is 4.74 Å². The highest BCUT2D eigenvalue weighted by Gasteiger charge is 2.24. The smallest absolute Gasteiger partial charge is 0.0640 e. The molecule has 1 atom stereocenters. The summed E-state index contributed by atoms with van der Waals surface area (Å²) in [7, 11) is 1.77. The molecule has 0 saturated heterocycles. The van der Waals surface area contributed by atoms with Crippen LogP contribution in [0.4, 0.5) is 0 Å². The molecule has 1 N–H and O–H groups in total. The largest absolute Gasteiger partial charge is 0.379 e. The second-order valence-electron chi connectivity index (χ2n) is 5.41. The van der Waals surface area contributed by atoms with Gasteiger partial charge in [0.15, 0.2) is 0 Å². The predicted molar refractivity (Wildman–Crippen MR) is 75.7 cm³/mol. The van der Waals surface area contributed by atoms with E-state index in [0.29, 0.717) is 6.04 Å². The fourth-order valence-corrected chi connectivity index (χ4v) is 2.03. The predicted octanol–water partition coefficient (Wildman–Crippen LogP) is 3.25. The Morgan fingerprint density at radius 3 is 2.72 bits per heavy atom. The van der Waals surface area contributed by atoms with Crippen LogP contribution in [0.3, 0.4) is 0 Å². The molecule has 0 radical (unpaired) electrons. The molecule has 0 spiro atoms. The Bertz CT molecular complexity index is 363. The molecule has 1 rings (SSSR count). The van der Waals surface area contributed by atoms with Gasteiger partial charge in [-0.3, -0.25) is 4.98 Å². The Balaban J connectivity index is 2.88. The summed E-state index contributed by atoms with van der Waals surface area (Å²) in [6.45, 7) is 9.58. The van der Waals surface area contributed by atoms with Crippen LogP contribution in [0.25, 0.3) is 0 Å². The van der Waals surface area contributed by atoms with E-state index in [1.54, 1.807) is 7.11 Å². The number of nitrogens with zero attached hydrogens (tertiary/aromatic N) is 1. The Morgan fingerprint density at radius 2 is 2.17 bits per heavy atom. The molecule has 0 saturated carbocycles. The number of aromatic nitrogens is 1. The molecule has 1 aromatic heterocycles. The molecular weight excluding hydrogens is 224 g/mol. The summed E-state index contributed by atoms with van der Waals surface area (Å²) in [6.07, 6.45) is 5.88. The van der Waals surface area contributed by atoms with Gasteiger partial charge in [-0.05, 0) is 57.4 Å². The summed E-state index contributed by atoms with van der Waals surface area (Å²) >= 11 is 0. The fraction of sp³-hybridized carbons (Fsp3) is 0.667. The van der Waals surface area contributed by atoms with Crippen LogP contribution in [0.15, 0.2) is 18.5 Å². The first kappa shape index (κ1) is 15.1. The van der Waals surface area contributed by atoms with Crippen molar-refractivity contribution >= 4 is 0 Å². The maximum atomic E-state index is 5.55. The molecule has 0 bridgehead atoms. The van der Waals surface area contributed by atoms with Gasteiger partial charge in [-0.15, -0.1) is 0 Å². The van der Waals surface area contributed by atoms with Crippen molar-refractivity contribution in [2.24, 2.45) is 0 Å². The topological polar surface area (TPSA) is 34.1 Å². The van der Waals surface area contributed by atoms with Crippen LogP contribution >= 0.6 is 0 Å². The third kappa shape index (κ3) is 4.39. The van der Waals surface area contributed by atoms with Crippen molar-refractivity contribution in [3.8, 4) is 0 Å². The summed E-state index contributed by atoms with van der Waals surface area (Å²) < 4.78 is 5.55. The summed E-state index contributed by atoms with van der Waals surface area (Å²) in [6, 6.07) is 2.36. The monoisotopic (exact) mass is 250 g/mol. The van der Waals surface area contributed by atoms with Gasteiger partial charge in [-0.1, -0.05) is 6.92 Å². The lowest BCUT2D eigenvalue weighted by Gasteiger charge is -2.30. The highest BCUT2D eigenvalue weighted by Crippen LogP contribution is 2.27. The molecule has 3 heteroatoms. The van der Waals surface area contributed by atoms with Crippen LogP contribution in [-0.4, -0.2) is 24.2 Å². The van der Waals surface area contributed by atoms with Crippen molar-refractivity contribution in [2.75, 3.05) is 13.7 Å². The Morgan fingerprint density at radius 1 is 1.44 bits per heavy atom. The van der Waals surface area contributed by atoms with Gasteiger partial charge in [0, 0.05) is 25.5 Å². The van der Waals surface area contributed by atoms with E-state index in [4.69, 9.17) is 4.74 Å². The zero-order valence-electron chi connectivity index (χ0n) is 12.3.